The average Bonchev–Trinajstić information content (AvgIpc) is 2.58. The van der Waals surface area contributed by atoms with Gasteiger partial charge in [0.1, 0.15) is 17.5 Å². The van der Waals surface area contributed by atoms with Crippen LogP contribution in [0, 0.1) is 13.8 Å². The standard InChI is InChI=1S/C19H16Cl2N2O2/c1-10-3-4-12-7-13(18(21)23-17(12)11(10)2)9-25-16-6-5-14(20)8-15(16)19(22)24/h3-8H,9H2,1-2H3,(H2,22,24). The van der Waals surface area contributed by atoms with Crippen molar-refractivity contribution in [3.8, 4) is 5.75 Å². The fourth-order valence-electron chi connectivity index (χ4n) is 2.58. The van der Waals surface area contributed by atoms with Crippen molar-refractivity contribution in [2.24, 2.45) is 5.73 Å². The first-order valence-corrected chi connectivity index (χ1v) is 8.40. The van der Waals surface area contributed by atoms with Gasteiger partial charge in [-0.3, -0.25) is 4.79 Å². The Balaban J connectivity index is 1.93. The van der Waals surface area contributed by atoms with Gasteiger partial charge in [-0.25, -0.2) is 4.98 Å². The van der Waals surface area contributed by atoms with Gasteiger partial charge in [-0.05, 0) is 49.2 Å². The van der Waals surface area contributed by atoms with Gasteiger partial charge in [-0.15, -0.1) is 0 Å². The molecule has 0 fully saturated rings. The van der Waals surface area contributed by atoms with E-state index in [0.29, 0.717) is 15.9 Å². The number of benzene rings is 2. The Morgan fingerprint density at radius 2 is 1.92 bits per heavy atom. The van der Waals surface area contributed by atoms with E-state index < -0.39 is 5.91 Å². The molecule has 0 aliphatic carbocycles. The molecule has 3 rings (SSSR count). The van der Waals surface area contributed by atoms with Crippen molar-refractivity contribution in [2.75, 3.05) is 0 Å². The number of aromatic nitrogens is 1. The number of hydrogen-bond acceptors (Lipinski definition) is 3. The number of halogens is 2. The third kappa shape index (κ3) is 3.55. The third-order valence-corrected chi connectivity index (χ3v) is 4.69. The molecule has 4 nitrogen and oxygen atoms in total. The minimum absolute atomic E-state index is 0.163. The van der Waals surface area contributed by atoms with Crippen molar-refractivity contribution in [1.82, 2.24) is 4.98 Å². The van der Waals surface area contributed by atoms with Crippen molar-refractivity contribution in [3.05, 3.63) is 68.8 Å². The average molecular weight is 375 g/mol. The van der Waals surface area contributed by atoms with E-state index in [1.165, 1.54) is 6.07 Å². The Morgan fingerprint density at radius 3 is 2.64 bits per heavy atom. The lowest BCUT2D eigenvalue weighted by molar-refractivity contribution is 0.0996. The second-order valence-corrected chi connectivity index (χ2v) is 6.61. The summed E-state index contributed by atoms with van der Waals surface area (Å²) in [5.41, 5.74) is 9.45. The molecule has 0 saturated heterocycles. The van der Waals surface area contributed by atoms with E-state index in [0.717, 1.165) is 27.6 Å². The van der Waals surface area contributed by atoms with Gasteiger partial charge in [0.15, 0.2) is 0 Å². The lowest BCUT2D eigenvalue weighted by Crippen LogP contribution is -2.13. The molecule has 0 bridgehead atoms. The molecule has 6 heteroatoms. The van der Waals surface area contributed by atoms with Gasteiger partial charge >= 0.3 is 0 Å². The molecule has 25 heavy (non-hydrogen) atoms. The Labute approximate surface area is 155 Å². The number of ether oxygens (including phenoxy) is 1. The predicted octanol–water partition coefficient (Wildman–Crippen LogP) is 4.84. The number of fused-ring (bicyclic) bond motifs is 1. The van der Waals surface area contributed by atoms with Crippen LogP contribution in [0.3, 0.4) is 0 Å². The number of nitrogens with zero attached hydrogens (tertiary/aromatic N) is 1. The summed E-state index contributed by atoms with van der Waals surface area (Å²) in [6.45, 7) is 4.22. The van der Waals surface area contributed by atoms with Gasteiger partial charge in [-0.2, -0.15) is 0 Å². The maximum absolute atomic E-state index is 11.5. The second-order valence-electron chi connectivity index (χ2n) is 5.81. The van der Waals surface area contributed by atoms with E-state index in [1.54, 1.807) is 12.1 Å². The summed E-state index contributed by atoms with van der Waals surface area (Å²) in [6, 6.07) is 10.7. The maximum Gasteiger partial charge on any atom is 0.252 e. The number of carbonyl (C=O) groups is 1. The van der Waals surface area contributed by atoms with Gasteiger partial charge in [0.05, 0.1) is 11.1 Å². The van der Waals surface area contributed by atoms with Crippen LogP contribution in [0.15, 0.2) is 36.4 Å². The van der Waals surface area contributed by atoms with Gasteiger partial charge in [0.25, 0.3) is 5.91 Å². The Kier molecular flexibility index (Phi) is 4.84. The summed E-state index contributed by atoms with van der Waals surface area (Å²) < 4.78 is 5.74. The number of pyridine rings is 1. The zero-order valence-corrected chi connectivity index (χ0v) is 15.3. The SMILES string of the molecule is Cc1ccc2cc(COc3ccc(Cl)cc3C(N)=O)c(Cl)nc2c1C. The number of hydrogen-bond donors (Lipinski definition) is 1. The lowest BCUT2D eigenvalue weighted by Gasteiger charge is -2.12. The Hall–Kier alpha value is -2.30. The number of amides is 1. The molecule has 0 aliphatic heterocycles. The van der Waals surface area contributed by atoms with E-state index in [4.69, 9.17) is 33.7 Å². The topological polar surface area (TPSA) is 65.2 Å². The smallest absolute Gasteiger partial charge is 0.252 e. The van der Waals surface area contributed by atoms with Gasteiger partial charge in [0, 0.05) is 16.0 Å². The number of nitrogens with two attached hydrogens (primary N) is 1. The van der Waals surface area contributed by atoms with E-state index in [9.17, 15) is 4.79 Å². The zero-order chi connectivity index (χ0) is 18.1. The molecule has 0 atom stereocenters. The van der Waals surface area contributed by atoms with E-state index in [1.807, 2.05) is 32.0 Å². The number of aryl methyl sites for hydroxylation is 2. The quantitative estimate of drug-likeness (QED) is 0.664. The minimum Gasteiger partial charge on any atom is -0.488 e. The van der Waals surface area contributed by atoms with Gasteiger partial charge < -0.3 is 10.5 Å². The summed E-state index contributed by atoms with van der Waals surface area (Å²) >= 11 is 12.2. The van der Waals surface area contributed by atoms with Crippen LogP contribution < -0.4 is 10.5 Å². The van der Waals surface area contributed by atoms with Crippen LogP contribution in [-0.4, -0.2) is 10.9 Å². The summed E-state index contributed by atoms with van der Waals surface area (Å²) in [5.74, 6) is -0.250. The third-order valence-electron chi connectivity index (χ3n) is 4.13. The molecule has 0 radical (unpaired) electrons. The highest BCUT2D eigenvalue weighted by Gasteiger charge is 2.13. The highest BCUT2D eigenvalue weighted by molar-refractivity contribution is 6.31. The maximum atomic E-state index is 11.5. The Morgan fingerprint density at radius 1 is 1.16 bits per heavy atom. The molecule has 0 aliphatic rings. The molecule has 0 spiro atoms. The molecular formula is C19H16Cl2N2O2. The predicted molar refractivity (Wildman–Crippen MR) is 101 cm³/mol. The van der Waals surface area contributed by atoms with Crippen LogP contribution >= 0.6 is 23.2 Å². The summed E-state index contributed by atoms with van der Waals surface area (Å²) in [6.07, 6.45) is 0. The first-order chi connectivity index (χ1) is 11.9. The molecule has 2 N–H and O–H groups in total. The molecule has 1 heterocycles. The summed E-state index contributed by atoms with van der Waals surface area (Å²) in [4.78, 5) is 16.0. The molecule has 128 valence electrons. The zero-order valence-electron chi connectivity index (χ0n) is 13.8. The normalized spacial score (nSPS) is 10.9. The molecule has 1 aromatic heterocycles. The number of primary amides is 1. The van der Waals surface area contributed by atoms with E-state index >= 15 is 0 Å². The second kappa shape index (κ2) is 6.90. The first kappa shape index (κ1) is 17.5. The summed E-state index contributed by atoms with van der Waals surface area (Å²) in [7, 11) is 0. The molecule has 0 unspecified atom stereocenters. The van der Waals surface area contributed by atoms with Crippen molar-refractivity contribution in [1.29, 1.82) is 0 Å². The molecule has 1 amide bonds. The van der Waals surface area contributed by atoms with Gasteiger partial charge in [-0.1, -0.05) is 35.3 Å². The van der Waals surface area contributed by atoms with Crippen LogP contribution in [0.2, 0.25) is 10.2 Å². The largest absolute Gasteiger partial charge is 0.488 e. The van der Waals surface area contributed by atoms with Crippen molar-refractivity contribution in [2.45, 2.75) is 20.5 Å². The van der Waals surface area contributed by atoms with Crippen molar-refractivity contribution < 1.29 is 9.53 Å². The molecule has 3 aromatic rings. The first-order valence-electron chi connectivity index (χ1n) is 7.64. The summed E-state index contributed by atoms with van der Waals surface area (Å²) in [5, 5.41) is 1.77. The monoisotopic (exact) mass is 374 g/mol. The Bertz CT molecular complexity index is 987. The number of carbonyl (C=O) groups excluding carboxylic acids is 1. The fourth-order valence-corrected chi connectivity index (χ4v) is 2.95. The number of rotatable bonds is 4. The molecular weight excluding hydrogens is 359 g/mol. The molecule has 2 aromatic carbocycles. The highest BCUT2D eigenvalue weighted by atomic mass is 35.5. The van der Waals surface area contributed by atoms with Crippen LogP contribution in [-0.2, 0) is 6.61 Å². The highest BCUT2D eigenvalue weighted by Crippen LogP contribution is 2.27. The molecule has 0 saturated carbocycles. The lowest BCUT2D eigenvalue weighted by atomic mass is 10.0. The van der Waals surface area contributed by atoms with Crippen molar-refractivity contribution >= 4 is 40.0 Å². The van der Waals surface area contributed by atoms with Crippen molar-refractivity contribution in [3.63, 3.8) is 0 Å². The van der Waals surface area contributed by atoms with E-state index in [-0.39, 0.29) is 12.2 Å². The fraction of sp³-hybridized carbons (Fsp3) is 0.158. The van der Waals surface area contributed by atoms with Crippen LogP contribution in [0.1, 0.15) is 27.0 Å². The van der Waals surface area contributed by atoms with Crippen LogP contribution in [0.25, 0.3) is 10.9 Å². The van der Waals surface area contributed by atoms with Crippen LogP contribution in [0.4, 0.5) is 0 Å². The minimum atomic E-state index is -0.605. The van der Waals surface area contributed by atoms with E-state index in [2.05, 4.69) is 4.98 Å². The van der Waals surface area contributed by atoms with Gasteiger partial charge in [0.2, 0.25) is 0 Å². The van der Waals surface area contributed by atoms with Crippen LogP contribution in [0.5, 0.6) is 5.75 Å².